The number of benzene rings is 3. The topological polar surface area (TPSA) is 0 Å². The Bertz CT molecular complexity index is 1580. The van der Waals surface area contributed by atoms with E-state index in [0.717, 1.165) is 12.8 Å². The summed E-state index contributed by atoms with van der Waals surface area (Å²) >= 11 is -2.65. The Balaban J connectivity index is 1.89. The number of hydrogen-bond acceptors (Lipinski definition) is 0. The fourth-order valence-corrected chi connectivity index (χ4v) is 17.2. The van der Waals surface area contributed by atoms with Crippen molar-refractivity contribution in [2.24, 2.45) is 11.8 Å². The van der Waals surface area contributed by atoms with Crippen molar-refractivity contribution in [2.45, 2.75) is 99.8 Å². The third-order valence-electron chi connectivity index (χ3n) is 9.39. The summed E-state index contributed by atoms with van der Waals surface area (Å²) in [6, 6.07) is 23.7. The summed E-state index contributed by atoms with van der Waals surface area (Å²) in [5.41, 5.74) is 14.0. The van der Waals surface area contributed by atoms with Gasteiger partial charge in [-0.1, -0.05) is 0 Å². The van der Waals surface area contributed by atoms with E-state index in [2.05, 4.69) is 143 Å². The average molecular weight is 622 g/mol. The maximum absolute atomic E-state index is 2.65. The Morgan fingerprint density at radius 2 is 1.54 bits per heavy atom. The first kappa shape index (κ1) is 30.4. The number of rotatable bonds is 5. The van der Waals surface area contributed by atoms with Crippen molar-refractivity contribution in [3.05, 3.63) is 109 Å². The summed E-state index contributed by atoms with van der Waals surface area (Å²) in [6.07, 6.45) is 4.79. The van der Waals surface area contributed by atoms with Crippen LogP contribution in [0.3, 0.4) is 0 Å². The molecule has 0 heterocycles. The summed E-state index contributed by atoms with van der Waals surface area (Å²) in [4.78, 5) is 0. The van der Waals surface area contributed by atoms with Crippen LogP contribution in [-0.2, 0) is 38.5 Å². The van der Waals surface area contributed by atoms with Crippen LogP contribution < -0.4 is 3.27 Å². The van der Waals surface area contributed by atoms with E-state index in [1.807, 2.05) is 3.28 Å². The molecule has 214 valence electrons. The zero-order valence-electron chi connectivity index (χ0n) is 27.4. The standard InChI is InChI=1S/C21H25.C10H15.C9H10.Zr/c1-20(2,3)16-7-9-18-14(12-16)11-15-13-17(21(4,5)6)8-10-19(15)18;1-7(2)10-6-8(3)5-9(10)4;1-2-6-9-7-4-3-5-8-9;/h7-10,12H,11H2,1-6H3;6-8H,1-4H3;3-5,7-8H,2H2,1H3;. The first-order valence-electron chi connectivity index (χ1n) is 15.8. The predicted molar refractivity (Wildman–Crippen MR) is 177 cm³/mol. The molecule has 0 amide bonds. The van der Waals surface area contributed by atoms with E-state index < -0.39 is 21.3 Å². The Morgan fingerprint density at radius 1 is 0.878 bits per heavy atom. The molecule has 0 saturated heterocycles. The SMILES string of the molecule is CC/[C](c1ccccc1)=[Zr](\[C]1=C(C)C(C(C)C)=CC1C)[c]1c(C(C)(C)C)ccc2c1Cc1cc(C(C)(C)C)ccc1-2. The van der Waals surface area contributed by atoms with E-state index >= 15 is 0 Å². The molecule has 0 aliphatic heterocycles. The fourth-order valence-electron chi connectivity index (χ4n) is 7.28. The molecule has 0 nitrogen and oxygen atoms in total. The molecule has 0 spiro atoms. The van der Waals surface area contributed by atoms with E-state index in [9.17, 15) is 0 Å². The molecule has 0 fully saturated rings. The predicted octanol–water partition coefficient (Wildman–Crippen LogP) is 10.2. The Labute approximate surface area is 258 Å². The Kier molecular flexibility index (Phi) is 8.28. The molecule has 1 heteroatoms. The summed E-state index contributed by atoms with van der Waals surface area (Å²) in [5, 5.41) is 0. The van der Waals surface area contributed by atoms with Gasteiger partial charge in [-0.3, -0.25) is 0 Å². The average Bonchev–Trinajstić information content (AvgIpc) is 3.42. The summed E-state index contributed by atoms with van der Waals surface area (Å²) < 4.78 is 5.33. The van der Waals surface area contributed by atoms with Gasteiger partial charge in [0, 0.05) is 0 Å². The van der Waals surface area contributed by atoms with Gasteiger partial charge in [0.15, 0.2) is 0 Å². The van der Waals surface area contributed by atoms with Gasteiger partial charge < -0.3 is 0 Å². The molecule has 0 radical (unpaired) electrons. The minimum atomic E-state index is -2.65. The van der Waals surface area contributed by atoms with Gasteiger partial charge in [-0.15, -0.1) is 0 Å². The third-order valence-corrected chi connectivity index (χ3v) is 18.5. The van der Waals surface area contributed by atoms with Gasteiger partial charge in [0.2, 0.25) is 0 Å². The molecule has 3 aromatic carbocycles. The van der Waals surface area contributed by atoms with Crippen LogP contribution in [0.4, 0.5) is 0 Å². The van der Waals surface area contributed by atoms with Crippen LogP contribution in [0.5, 0.6) is 0 Å². The minimum absolute atomic E-state index is 0.0850. The molecule has 1 atom stereocenters. The van der Waals surface area contributed by atoms with Gasteiger partial charge in [0.05, 0.1) is 0 Å². The van der Waals surface area contributed by atoms with Crippen molar-refractivity contribution < 1.29 is 21.3 Å². The first-order valence-corrected chi connectivity index (χ1v) is 19.4. The quantitative estimate of drug-likeness (QED) is 0.208. The molecule has 0 bridgehead atoms. The van der Waals surface area contributed by atoms with E-state index in [0.29, 0.717) is 11.8 Å². The van der Waals surface area contributed by atoms with Crippen LogP contribution in [0.25, 0.3) is 11.1 Å². The Hall–Kier alpha value is -2.11. The zero-order valence-corrected chi connectivity index (χ0v) is 29.9. The van der Waals surface area contributed by atoms with Gasteiger partial charge in [-0.05, 0) is 0 Å². The normalized spacial score (nSPS) is 17.6. The second-order valence-electron chi connectivity index (χ2n) is 14.7. The van der Waals surface area contributed by atoms with Crippen molar-refractivity contribution >= 4 is 6.48 Å². The van der Waals surface area contributed by atoms with E-state index in [4.69, 9.17) is 0 Å². The van der Waals surface area contributed by atoms with Crippen molar-refractivity contribution in [1.29, 1.82) is 0 Å². The van der Waals surface area contributed by atoms with Crippen LogP contribution in [0.15, 0.2) is 81.2 Å². The van der Waals surface area contributed by atoms with Crippen LogP contribution in [0.1, 0.15) is 110 Å². The molecular weight excluding hydrogens is 572 g/mol. The molecule has 2 aliphatic rings. The monoisotopic (exact) mass is 620 g/mol. The molecular formula is C40H50Zr. The van der Waals surface area contributed by atoms with E-state index in [1.54, 1.807) is 28.8 Å². The van der Waals surface area contributed by atoms with Crippen molar-refractivity contribution in [3.63, 3.8) is 0 Å². The molecule has 0 saturated carbocycles. The molecule has 41 heavy (non-hydrogen) atoms. The van der Waals surface area contributed by atoms with E-state index in [1.165, 1.54) is 27.8 Å². The maximum atomic E-state index is 2.61. The number of fused-ring (bicyclic) bond motifs is 3. The van der Waals surface area contributed by atoms with Gasteiger partial charge in [-0.25, -0.2) is 0 Å². The van der Waals surface area contributed by atoms with Crippen molar-refractivity contribution in [3.8, 4) is 11.1 Å². The fraction of sp³-hybridized carbons (Fsp3) is 0.425. The van der Waals surface area contributed by atoms with Crippen LogP contribution in [0.2, 0.25) is 0 Å². The summed E-state index contributed by atoms with van der Waals surface area (Å²) in [6.45, 7) is 26.4. The molecule has 1 unspecified atom stereocenters. The number of hydrogen-bond donors (Lipinski definition) is 0. The molecule has 2 aliphatic carbocycles. The molecule has 3 aromatic rings. The van der Waals surface area contributed by atoms with Gasteiger partial charge in [0.25, 0.3) is 0 Å². The zero-order chi connectivity index (χ0) is 29.9. The van der Waals surface area contributed by atoms with Gasteiger partial charge >= 0.3 is 260 Å². The molecule has 0 N–H and O–H groups in total. The number of allylic oxidation sites excluding steroid dienone is 4. The van der Waals surface area contributed by atoms with Crippen LogP contribution in [0, 0.1) is 11.8 Å². The van der Waals surface area contributed by atoms with Crippen molar-refractivity contribution in [1.82, 2.24) is 0 Å². The Morgan fingerprint density at radius 3 is 2.10 bits per heavy atom. The molecule has 0 aromatic heterocycles. The van der Waals surface area contributed by atoms with Crippen LogP contribution in [-0.4, -0.2) is 3.21 Å². The van der Waals surface area contributed by atoms with Gasteiger partial charge in [0.1, 0.15) is 0 Å². The summed E-state index contributed by atoms with van der Waals surface area (Å²) in [7, 11) is 0. The third kappa shape index (κ3) is 5.54. The van der Waals surface area contributed by atoms with Crippen LogP contribution >= 0.6 is 0 Å². The second-order valence-corrected chi connectivity index (χ2v) is 20.6. The second kappa shape index (κ2) is 11.2. The van der Waals surface area contributed by atoms with E-state index in [-0.39, 0.29) is 10.8 Å². The summed E-state index contributed by atoms with van der Waals surface area (Å²) in [5.74, 6) is 1.07. The van der Waals surface area contributed by atoms with Gasteiger partial charge in [-0.2, -0.15) is 0 Å². The van der Waals surface area contributed by atoms with Crippen molar-refractivity contribution in [2.75, 3.05) is 0 Å². The molecule has 5 rings (SSSR count). The first-order chi connectivity index (χ1) is 19.2.